The normalized spacial score (nSPS) is 10.2. The zero-order chi connectivity index (χ0) is 19.1. The van der Waals surface area contributed by atoms with Crippen molar-refractivity contribution in [3.8, 4) is 11.8 Å². The van der Waals surface area contributed by atoms with E-state index in [9.17, 15) is 20.0 Å². The number of hydrogen-bond donors (Lipinski definition) is 1. The third kappa shape index (κ3) is 4.80. The number of rotatable bonds is 7. The summed E-state index contributed by atoms with van der Waals surface area (Å²) in [6, 6.07) is 9.99. The van der Waals surface area contributed by atoms with Gasteiger partial charge in [0.05, 0.1) is 24.7 Å². The van der Waals surface area contributed by atoms with Crippen molar-refractivity contribution in [2.24, 2.45) is 0 Å². The van der Waals surface area contributed by atoms with Crippen LogP contribution in [0.25, 0.3) is 0 Å². The van der Waals surface area contributed by atoms with Gasteiger partial charge in [-0.1, -0.05) is 17.7 Å². The number of hydrogen-bond acceptors (Lipinski definition) is 6. The molecule has 1 aromatic carbocycles. The second kappa shape index (κ2) is 8.97. The minimum Gasteiger partial charge on any atom is -0.506 e. The molecule has 6 nitrogen and oxygen atoms in total. The maximum atomic E-state index is 12.3. The topological polar surface area (TPSA) is 100 Å². The van der Waals surface area contributed by atoms with Crippen LogP contribution in [0.15, 0.2) is 30.3 Å². The molecule has 0 fully saturated rings. The first-order valence-electron chi connectivity index (χ1n) is 8.01. The number of carbonyl (C=O) groups excluding carboxylic acids is 2. The first-order chi connectivity index (χ1) is 12.5. The second-order valence-corrected chi connectivity index (χ2v) is 5.86. The van der Waals surface area contributed by atoms with E-state index in [4.69, 9.17) is 16.3 Å². The van der Waals surface area contributed by atoms with Gasteiger partial charge in [0, 0.05) is 23.6 Å². The Morgan fingerprint density at radius 3 is 2.73 bits per heavy atom. The van der Waals surface area contributed by atoms with Crippen molar-refractivity contribution in [1.29, 1.82) is 5.26 Å². The average Bonchev–Trinajstić information content (AvgIpc) is 2.63. The lowest BCUT2D eigenvalue weighted by Crippen LogP contribution is -2.10. The summed E-state index contributed by atoms with van der Waals surface area (Å²) in [5, 5.41) is 19.5. The number of nitriles is 1. The molecule has 0 aliphatic rings. The lowest BCUT2D eigenvalue weighted by Gasteiger charge is -2.09. The smallest absolute Gasteiger partial charge is 0.306 e. The number of esters is 1. The molecule has 7 heteroatoms. The van der Waals surface area contributed by atoms with Crippen LogP contribution in [0.5, 0.6) is 5.75 Å². The van der Waals surface area contributed by atoms with Crippen LogP contribution in [-0.2, 0) is 16.0 Å². The van der Waals surface area contributed by atoms with E-state index in [1.165, 1.54) is 6.07 Å². The molecular weight excluding hydrogens is 356 g/mol. The summed E-state index contributed by atoms with van der Waals surface area (Å²) in [5.41, 5.74) is 1.38. The highest BCUT2D eigenvalue weighted by Gasteiger charge is 2.17. The number of aromatic hydroxyl groups is 1. The van der Waals surface area contributed by atoms with E-state index in [0.717, 1.165) is 0 Å². The molecule has 0 saturated carbocycles. The summed E-state index contributed by atoms with van der Waals surface area (Å²) in [6.07, 6.45) is 0.0422. The molecule has 1 heterocycles. The van der Waals surface area contributed by atoms with Crippen molar-refractivity contribution in [3.05, 3.63) is 57.9 Å². The molecule has 0 bridgehead atoms. The fourth-order valence-electron chi connectivity index (χ4n) is 2.39. The molecule has 1 aromatic heterocycles. The van der Waals surface area contributed by atoms with Crippen molar-refractivity contribution < 1.29 is 19.4 Å². The summed E-state index contributed by atoms with van der Waals surface area (Å²) in [7, 11) is 0. The average molecular weight is 373 g/mol. The maximum absolute atomic E-state index is 12.3. The standard InChI is InChI=1S/C19H17ClN2O4/c1-2-26-18(25)9-8-17(24)19-16(23)7-6-13(22-19)10-14-12(11-21)4-3-5-15(14)20/h3-7,23H,2,8-10H2,1H3. The molecule has 1 N–H and O–H groups in total. The zero-order valence-electron chi connectivity index (χ0n) is 14.2. The molecule has 0 amide bonds. The van der Waals surface area contributed by atoms with Crippen LogP contribution in [0.3, 0.4) is 0 Å². The van der Waals surface area contributed by atoms with Gasteiger partial charge in [0.1, 0.15) is 11.4 Å². The van der Waals surface area contributed by atoms with Gasteiger partial charge >= 0.3 is 5.97 Å². The molecule has 0 aliphatic heterocycles. The molecule has 2 rings (SSSR count). The van der Waals surface area contributed by atoms with Crippen molar-refractivity contribution in [2.75, 3.05) is 6.61 Å². The number of carbonyl (C=O) groups is 2. The SMILES string of the molecule is CCOC(=O)CCC(=O)c1nc(Cc2c(Cl)cccc2C#N)ccc1O. The Kier molecular flexibility index (Phi) is 6.70. The Balaban J connectivity index is 2.21. The first-order valence-corrected chi connectivity index (χ1v) is 8.39. The van der Waals surface area contributed by atoms with Crippen LogP contribution < -0.4 is 0 Å². The first kappa shape index (κ1) is 19.4. The number of ether oxygens (including phenoxy) is 1. The van der Waals surface area contributed by atoms with E-state index in [1.807, 2.05) is 0 Å². The Labute approximate surface area is 156 Å². The van der Waals surface area contributed by atoms with Gasteiger partial charge in [-0.05, 0) is 36.8 Å². The number of aromatic nitrogens is 1. The highest BCUT2D eigenvalue weighted by atomic mass is 35.5. The van der Waals surface area contributed by atoms with Crippen molar-refractivity contribution in [2.45, 2.75) is 26.2 Å². The fourth-order valence-corrected chi connectivity index (χ4v) is 2.63. The van der Waals surface area contributed by atoms with Gasteiger partial charge in [0.15, 0.2) is 5.78 Å². The molecule has 0 atom stereocenters. The predicted molar refractivity (Wildman–Crippen MR) is 95.1 cm³/mol. The minimum absolute atomic E-state index is 0.0822. The van der Waals surface area contributed by atoms with E-state index in [-0.39, 0.29) is 37.3 Å². The van der Waals surface area contributed by atoms with Gasteiger partial charge in [0.2, 0.25) is 0 Å². The van der Waals surface area contributed by atoms with Gasteiger partial charge in [-0.25, -0.2) is 4.98 Å². The highest BCUT2D eigenvalue weighted by molar-refractivity contribution is 6.31. The molecular formula is C19H17ClN2O4. The molecule has 0 saturated heterocycles. The summed E-state index contributed by atoms with van der Waals surface area (Å²) >= 11 is 6.16. The lowest BCUT2D eigenvalue weighted by atomic mass is 10.0. The van der Waals surface area contributed by atoms with E-state index < -0.39 is 11.8 Å². The molecule has 0 radical (unpaired) electrons. The lowest BCUT2D eigenvalue weighted by molar-refractivity contribution is -0.143. The van der Waals surface area contributed by atoms with Crippen LogP contribution in [0.4, 0.5) is 0 Å². The van der Waals surface area contributed by atoms with Gasteiger partial charge in [-0.3, -0.25) is 9.59 Å². The number of Topliss-reactive ketones (excluding diaryl/α,β-unsaturated/α-hetero) is 1. The van der Waals surface area contributed by atoms with E-state index in [0.29, 0.717) is 21.8 Å². The largest absolute Gasteiger partial charge is 0.506 e. The van der Waals surface area contributed by atoms with Crippen LogP contribution in [0.2, 0.25) is 5.02 Å². The molecule has 0 spiro atoms. The van der Waals surface area contributed by atoms with E-state index in [1.54, 1.807) is 31.2 Å². The summed E-state index contributed by atoms with van der Waals surface area (Å²) < 4.78 is 4.78. The zero-order valence-corrected chi connectivity index (χ0v) is 14.9. The number of pyridine rings is 1. The molecule has 134 valence electrons. The number of ketones is 1. The predicted octanol–water partition coefficient (Wildman–Crippen LogP) is 3.43. The molecule has 2 aromatic rings. The molecule has 26 heavy (non-hydrogen) atoms. The van der Waals surface area contributed by atoms with Crippen LogP contribution in [0, 0.1) is 11.3 Å². The monoisotopic (exact) mass is 372 g/mol. The van der Waals surface area contributed by atoms with Crippen molar-refractivity contribution in [3.63, 3.8) is 0 Å². The Hall–Kier alpha value is -2.91. The summed E-state index contributed by atoms with van der Waals surface area (Å²) in [5.74, 6) is -1.20. The third-order valence-corrected chi connectivity index (χ3v) is 4.01. The number of benzene rings is 1. The van der Waals surface area contributed by atoms with Crippen LogP contribution in [0.1, 0.15) is 47.1 Å². The Morgan fingerprint density at radius 1 is 1.27 bits per heavy atom. The number of nitrogens with zero attached hydrogens (tertiary/aromatic N) is 2. The molecule has 0 aliphatic carbocycles. The maximum Gasteiger partial charge on any atom is 0.306 e. The van der Waals surface area contributed by atoms with Gasteiger partial charge < -0.3 is 9.84 Å². The fraction of sp³-hybridized carbons (Fsp3) is 0.263. The van der Waals surface area contributed by atoms with Gasteiger partial charge in [-0.2, -0.15) is 5.26 Å². The van der Waals surface area contributed by atoms with E-state index >= 15 is 0 Å². The van der Waals surface area contributed by atoms with Crippen molar-refractivity contribution in [1.82, 2.24) is 4.98 Å². The Bertz CT molecular complexity index is 874. The van der Waals surface area contributed by atoms with E-state index in [2.05, 4.69) is 11.1 Å². The van der Waals surface area contributed by atoms with Crippen LogP contribution >= 0.6 is 11.6 Å². The van der Waals surface area contributed by atoms with Crippen molar-refractivity contribution >= 4 is 23.4 Å². The van der Waals surface area contributed by atoms with Gasteiger partial charge in [-0.15, -0.1) is 0 Å². The highest BCUT2D eigenvalue weighted by Crippen LogP contribution is 2.24. The summed E-state index contributed by atoms with van der Waals surface area (Å²) in [4.78, 5) is 27.8. The summed E-state index contributed by atoms with van der Waals surface area (Å²) in [6.45, 7) is 1.92. The second-order valence-electron chi connectivity index (χ2n) is 5.45. The number of halogens is 1. The Morgan fingerprint density at radius 2 is 2.04 bits per heavy atom. The quantitative estimate of drug-likeness (QED) is 0.590. The molecule has 0 unspecified atom stereocenters. The van der Waals surface area contributed by atoms with Gasteiger partial charge in [0.25, 0.3) is 0 Å². The van der Waals surface area contributed by atoms with Crippen LogP contribution in [-0.4, -0.2) is 28.4 Å². The minimum atomic E-state index is -0.480. The third-order valence-electron chi connectivity index (χ3n) is 3.65.